The Labute approximate surface area is 188 Å². The fraction of sp³-hybridized carbons (Fsp3) is 0.238. The smallest absolute Gasteiger partial charge is 0.340 e. The minimum Gasteiger partial charge on any atom is -0.451 e. The number of carbonyl (C=O) groups excluding carboxylic acids is 2. The van der Waals surface area contributed by atoms with Crippen LogP contribution in [0, 0.1) is 0 Å². The number of para-hydroxylation sites is 1. The molecule has 2 N–H and O–H groups in total. The van der Waals surface area contributed by atoms with Crippen molar-refractivity contribution in [1.82, 2.24) is 9.71 Å². The fourth-order valence-electron chi connectivity index (χ4n) is 3.15. The van der Waals surface area contributed by atoms with Crippen LogP contribution in [0.3, 0.4) is 0 Å². The maximum atomic E-state index is 12.8. The van der Waals surface area contributed by atoms with Gasteiger partial charge in [0.2, 0.25) is 15.8 Å². The van der Waals surface area contributed by atoms with E-state index in [4.69, 9.17) is 27.9 Å². The lowest BCUT2D eigenvalue weighted by atomic mass is 10.1. The van der Waals surface area contributed by atoms with Crippen LogP contribution in [0.5, 0.6) is 0 Å². The van der Waals surface area contributed by atoms with Crippen molar-refractivity contribution in [3.8, 4) is 0 Å². The number of fused-ring (bicyclic) bond motifs is 1. The van der Waals surface area contributed by atoms with Crippen molar-refractivity contribution in [2.24, 2.45) is 0 Å². The minimum absolute atomic E-state index is 0.0767. The molecule has 0 saturated heterocycles. The molecule has 0 radical (unpaired) electrons. The highest BCUT2D eigenvalue weighted by Crippen LogP contribution is 2.31. The molecule has 1 aromatic heterocycles. The van der Waals surface area contributed by atoms with Crippen molar-refractivity contribution in [2.75, 3.05) is 0 Å². The average Bonchev–Trinajstić information content (AvgIpc) is 3.41. The average molecular weight is 481 g/mol. The summed E-state index contributed by atoms with van der Waals surface area (Å²) >= 11 is 12.2. The molecular formula is C21H18Cl2N2O5S. The highest BCUT2D eigenvalue weighted by molar-refractivity contribution is 7.89. The van der Waals surface area contributed by atoms with Gasteiger partial charge in [0, 0.05) is 28.7 Å². The molecule has 0 aliphatic heterocycles. The summed E-state index contributed by atoms with van der Waals surface area (Å²) in [6, 6.07) is 9.36. The van der Waals surface area contributed by atoms with Gasteiger partial charge >= 0.3 is 5.97 Å². The second-order valence-corrected chi connectivity index (χ2v) is 9.81. The summed E-state index contributed by atoms with van der Waals surface area (Å²) in [4.78, 5) is 28.3. The van der Waals surface area contributed by atoms with E-state index in [2.05, 4.69) is 9.71 Å². The van der Waals surface area contributed by atoms with E-state index in [-0.39, 0.29) is 26.5 Å². The van der Waals surface area contributed by atoms with Gasteiger partial charge in [0.15, 0.2) is 6.10 Å². The summed E-state index contributed by atoms with van der Waals surface area (Å²) in [6.45, 7) is 1.44. The van der Waals surface area contributed by atoms with Gasteiger partial charge < -0.3 is 9.72 Å². The Kier molecular flexibility index (Phi) is 5.83. The number of halogens is 2. The van der Waals surface area contributed by atoms with Crippen LogP contribution < -0.4 is 4.72 Å². The van der Waals surface area contributed by atoms with E-state index in [0.717, 1.165) is 24.4 Å². The molecule has 1 aliphatic carbocycles. The Morgan fingerprint density at radius 3 is 2.55 bits per heavy atom. The number of hydrogen-bond acceptors (Lipinski definition) is 5. The van der Waals surface area contributed by atoms with Gasteiger partial charge in [-0.15, -0.1) is 0 Å². The normalized spacial score (nSPS) is 15.1. The summed E-state index contributed by atoms with van der Waals surface area (Å²) in [5, 5.41) is 0.518. The van der Waals surface area contributed by atoms with Crippen molar-refractivity contribution in [3.05, 3.63) is 63.8 Å². The Bertz CT molecular complexity index is 1300. The van der Waals surface area contributed by atoms with Gasteiger partial charge in [0.05, 0.1) is 15.6 Å². The Hall–Kier alpha value is -2.39. The van der Waals surface area contributed by atoms with E-state index in [9.17, 15) is 18.0 Å². The first kappa shape index (κ1) is 21.8. The van der Waals surface area contributed by atoms with Crippen molar-refractivity contribution >= 4 is 55.9 Å². The largest absolute Gasteiger partial charge is 0.451 e. The van der Waals surface area contributed by atoms with E-state index in [1.165, 1.54) is 13.0 Å². The summed E-state index contributed by atoms with van der Waals surface area (Å²) in [5.41, 5.74) is 0.971. The number of aromatic nitrogens is 1. The monoisotopic (exact) mass is 480 g/mol. The number of sulfonamides is 1. The van der Waals surface area contributed by atoms with Crippen LogP contribution in [0.1, 0.15) is 40.5 Å². The van der Waals surface area contributed by atoms with E-state index < -0.39 is 27.9 Å². The molecule has 2 aromatic carbocycles. The predicted molar refractivity (Wildman–Crippen MR) is 117 cm³/mol. The molecule has 1 atom stereocenters. The molecular weight excluding hydrogens is 463 g/mol. The molecule has 10 heteroatoms. The Morgan fingerprint density at radius 2 is 1.84 bits per heavy atom. The van der Waals surface area contributed by atoms with Crippen LogP contribution in [-0.2, 0) is 14.8 Å². The van der Waals surface area contributed by atoms with Crippen molar-refractivity contribution in [3.63, 3.8) is 0 Å². The molecule has 162 valence electrons. The van der Waals surface area contributed by atoms with E-state index in [1.54, 1.807) is 18.3 Å². The number of H-pyrrole nitrogens is 1. The van der Waals surface area contributed by atoms with Gasteiger partial charge in [-0.2, -0.15) is 0 Å². The third-order valence-corrected chi connectivity index (χ3v) is 7.24. The number of ether oxygens (including phenoxy) is 1. The standard InChI is InChI=1S/C21H18Cl2N2O5S/c1-11(20(26)15-10-24-18-5-3-2-4-13(15)18)30-21(27)14-8-19(17(23)9-16(14)22)31(28,29)25-12-6-7-12/h2-5,8-12,24-25H,6-7H2,1H3/t11-/m0/s1. The highest BCUT2D eigenvalue weighted by atomic mass is 35.5. The first-order valence-corrected chi connectivity index (χ1v) is 11.7. The van der Waals surface area contributed by atoms with Gasteiger partial charge in [-0.1, -0.05) is 41.4 Å². The van der Waals surface area contributed by atoms with Crippen LogP contribution in [0.15, 0.2) is 47.5 Å². The molecule has 1 fully saturated rings. The second kappa shape index (κ2) is 8.27. The molecule has 0 unspecified atom stereocenters. The molecule has 0 bridgehead atoms. The zero-order valence-electron chi connectivity index (χ0n) is 16.3. The second-order valence-electron chi connectivity index (χ2n) is 7.32. The lowest BCUT2D eigenvalue weighted by Crippen LogP contribution is -2.27. The predicted octanol–water partition coefficient (Wildman–Crippen LogP) is 4.34. The lowest BCUT2D eigenvalue weighted by molar-refractivity contribution is 0.0319. The zero-order chi connectivity index (χ0) is 22.3. The quantitative estimate of drug-likeness (QED) is 0.386. The number of benzene rings is 2. The minimum atomic E-state index is -3.92. The third-order valence-electron chi connectivity index (χ3n) is 4.94. The van der Waals surface area contributed by atoms with Crippen molar-refractivity contribution in [2.45, 2.75) is 36.8 Å². The first-order valence-electron chi connectivity index (χ1n) is 9.50. The van der Waals surface area contributed by atoms with Crippen LogP contribution in [0.2, 0.25) is 10.0 Å². The number of nitrogens with one attached hydrogen (secondary N) is 2. The zero-order valence-corrected chi connectivity index (χ0v) is 18.6. The number of Topliss-reactive ketones (excluding diaryl/α,β-unsaturated/α-hetero) is 1. The van der Waals surface area contributed by atoms with E-state index in [1.807, 2.05) is 12.1 Å². The molecule has 4 rings (SSSR count). The lowest BCUT2D eigenvalue weighted by Gasteiger charge is -2.14. The Morgan fingerprint density at radius 1 is 1.13 bits per heavy atom. The van der Waals surface area contributed by atoms with Gasteiger partial charge in [0.1, 0.15) is 4.90 Å². The number of ketones is 1. The number of carbonyl (C=O) groups is 2. The highest BCUT2D eigenvalue weighted by Gasteiger charge is 2.31. The molecule has 1 aliphatic rings. The van der Waals surface area contributed by atoms with E-state index >= 15 is 0 Å². The van der Waals surface area contributed by atoms with Gasteiger partial charge in [0.25, 0.3) is 0 Å². The maximum Gasteiger partial charge on any atom is 0.340 e. The molecule has 0 amide bonds. The van der Waals surface area contributed by atoms with Gasteiger partial charge in [-0.05, 0) is 38.0 Å². The molecule has 31 heavy (non-hydrogen) atoms. The third kappa shape index (κ3) is 4.48. The molecule has 1 heterocycles. The van der Waals surface area contributed by atoms with E-state index in [0.29, 0.717) is 10.9 Å². The number of aromatic amines is 1. The molecule has 7 nitrogen and oxygen atoms in total. The van der Waals surface area contributed by atoms with Crippen molar-refractivity contribution in [1.29, 1.82) is 0 Å². The maximum absolute atomic E-state index is 12.8. The number of esters is 1. The molecule has 3 aromatic rings. The summed E-state index contributed by atoms with van der Waals surface area (Å²) in [5.74, 6) is -1.33. The SMILES string of the molecule is C[C@H](OC(=O)c1cc(S(=O)(=O)NC2CC2)c(Cl)cc1Cl)C(=O)c1c[nH]c2ccccc12. The van der Waals surface area contributed by atoms with Crippen LogP contribution in [0.25, 0.3) is 10.9 Å². The number of rotatable bonds is 7. The van der Waals surface area contributed by atoms with Crippen molar-refractivity contribution < 1.29 is 22.7 Å². The van der Waals surface area contributed by atoms with Crippen LogP contribution in [0.4, 0.5) is 0 Å². The van der Waals surface area contributed by atoms with Crippen LogP contribution >= 0.6 is 23.2 Å². The van der Waals surface area contributed by atoms with Gasteiger partial charge in [-0.25, -0.2) is 17.9 Å². The topological polar surface area (TPSA) is 105 Å². The van der Waals surface area contributed by atoms with Crippen LogP contribution in [-0.4, -0.2) is 37.3 Å². The summed E-state index contributed by atoms with van der Waals surface area (Å²) in [7, 11) is -3.92. The Balaban J connectivity index is 1.57. The number of hydrogen-bond donors (Lipinski definition) is 2. The summed E-state index contributed by atoms with van der Waals surface area (Å²) < 4.78 is 32.9. The first-order chi connectivity index (χ1) is 14.7. The van der Waals surface area contributed by atoms with Gasteiger partial charge in [-0.3, -0.25) is 4.79 Å². The molecule has 0 spiro atoms. The summed E-state index contributed by atoms with van der Waals surface area (Å²) in [6.07, 6.45) is 1.92. The molecule has 1 saturated carbocycles. The fourth-order valence-corrected chi connectivity index (χ4v) is 5.30.